The van der Waals surface area contributed by atoms with Crippen LogP contribution in [-0.2, 0) is 11.0 Å². The Labute approximate surface area is 182 Å². The van der Waals surface area contributed by atoms with Crippen LogP contribution in [0.3, 0.4) is 0 Å². The van der Waals surface area contributed by atoms with E-state index in [4.69, 9.17) is 19.3 Å². The van der Waals surface area contributed by atoms with Gasteiger partial charge in [-0.15, -0.1) is 0 Å². The normalized spacial score (nSPS) is 18.8. The second-order valence-electron chi connectivity index (χ2n) is 9.17. The highest BCUT2D eigenvalue weighted by Gasteiger charge is 2.34. The second kappa shape index (κ2) is 11.0. The first-order valence-electron chi connectivity index (χ1n) is 11.6. The number of fused-ring (bicyclic) bond motifs is 1. The van der Waals surface area contributed by atoms with Crippen molar-refractivity contribution in [3.8, 4) is 11.5 Å². The standard InChI is InChI=1S/C24H41O5P/c1-6-7-8-9-10-11-12-14-24(5)15-13-21-20(4)22(28-16-17-30(25,26)27)18(2)19(3)23(21)29-24/h6-17H2,1-5H3,(H2,25,26,27). The molecule has 6 heteroatoms. The number of hydrogen-bond donors (Lipinski definition) is 2. The fourth-order valence-corrected chi connectivity index (χ4v) is 4.73. The largest absolute Gasteiger partial charge is 0.492 e. The quantitative estimate of drug-likeness (QED) is 0.291. The third-order valence-corrected chi connectivity index (χ3v) is 7.27. The highest BCUT2D eigenvalue weighted by atomic mass is 31.2. The van der Waals surface area contributed by atoms with Crippen molar-refractivity contribution in [2.24, 2.45) is 0 Å². The topological polar surface area (TPSA) is 76.0 Å². The van der Waals surface area contributed by atoms with Gasteiger partial charge in [0, 0.05) is 5.56 Å². The van der Waals surface area contributed by atoms with Gasteiger partial charge >= 0.3 is 7.60 Å². The average molecular weight is 441 g/mol. The molecule has 172 valence electrons. The average Bonchev–Trinajstić information content (AvgIpc) is 2.67. The van der Waals surface area contributed by atoms with Gasteiger partial charge in [0.1, 0.15) is 17.1 Å². The van der Waals surface area contributed by atoms with Crippen molar-refractivity contribution in [2.75, 3.05) is 12.8 Å². The predicted molar refractivity (Wildman–Crippen MR) is 123 cm³/mol. The molecule has 30 heavy (non-hydrogen) atoms. The number of ether oxygens (including phenoxy) is 2. The first kappa shape index (κ1) is 25.2. The van der Waals surface area contributed by atoms with E-state index in [9.17, 15) is 4.57 Å². The minimum atomic E-state index is -4.06. The summed E-state index contributed by atoms with van der Waals surface area (Å²) in [6.45, 7) is 10.6. The van der Waals surface area contributed by atoms with Crippen molar-refractivity contribution in [3.63, 3.8) is 0 Å². The third kappa shape index (κ3) is 7.00. The van der Waals surface area contributed by atoms with Crippen LogP contribution < -0.4 is 9.47 Å². The summed E-state index contributed by atoms with van der Waals surface area (Å²) in [5.74, 6) is 1.74. The fraction of sp³-hybridized carbons (Fsp3) is 0.750. The second-order valence-corrected chi connectivity index (χ2v) is 10.9. The van der Waals surface area contributed by atoms with Crippen molar-refractivity contribution in [3.05, 3.63) is 22.3 Å². The Kier molecular flexibility index (Phi) is 9.27. The summed E-state index contributed by atoms with van der Waals surface area (Å²) in [6, 6.07) is 0. The van der Waals surface area contributed by atoms with Crippen LogP contribution in [0.5, 0.6) is 11.5 Å². The van der Waals surface area contributed by atoms with Gasteiger partial charge in [0.15, 0.2) is 0 Å². The zero-order chi connectivity index (χ0) is 22.4. The third-order valence-electron chi connectivity index (χ3n) is 6.50. The van der Waals surface area contributed by atoms with Gasteiger partial charge in [0.25, 0.3) is 0 Å². The smallest absolute Gasteiger partial charge is 0.328 e. The van der Waals surface area contributed by atoms with E-state index in [-0.39, 0.29) is 18.4 Å². The molecule has 0 saturated carbocycles. The molecule has 1 atom stereocenters. The lowest BCUT2D eigenvalue weighted by atomic mass is 9.84. The van der Waals surface area contributed by atoms with E-state index < -0.39 is 7.60 Å². The Morgan fingerprint density at radius 2 is 1.63 bits per heavy atom. The summed E-state index contributed by atoms with van der Waals surface area (Å²) < 4.78 is 23.5. The highest BCUT2D eigenvalue weighted by Crippen LogP contribution is 2.45. The Morgan fingerprint density at radius 3 is 2.27 bits per heavy atom. The van der Waals surface area contributed by atoms with Gasteiger partial charge < -0.3 is 19.3 Å². The lowest BCUT2D eigenvalue weighted by Crippen LogP contribution is -2.37. The molecular formula is C24H41O5P. The predicted octanol–water partition coefficient (Wildman–Crippen LogP) is 6.39. The minimum Gasteiger partial charge on any atom is -0.492 e. The number of rotatable bonds is 12. The van der Waals surface area contributed by atoms with Crippen LogP contribution in [0.2, 0.25) is 0 Å². The minimum absolute atomic E-state index is 0.0149. The molecule has 1 unspecified atom stereocenters. The fourth-order valence-electron chi connectivity index (χ4n) is 4.40. The van der Waals surface area contributed by atoms with Crippen molar-refractivity contribution in [1.29, 1.82) is 0 Å². The maximum absolute atomic E-state index is 11.1. The molecule has 5 nitrogen and oxygen atoms in total. The summed E-state index contributed by atoms with van der Waals surface area (Å²) in [6.07, 6.45) is 11.9. The molecule has 1 aromatic rings. The molecule has 1 aromatic carbocycles. The van der Waals surface area contributed by atoms with Crippen LogP contribution in [-0.4, -0.2) is 28.2 Å². The Morgan fingerprint density at radius 1 is 1.00 bits per heavy atom. The molecule has 1 aliphatic heterocycles. The van der Waals surface area contributed by atoms with Crippen LogP contribution >= 0.6 is 7.60 Å². The van der Waals surface area contributed by atoms with Gasteiger partial charge in [-0.3, -0.25) is 4.57 Å². The first-order valence-corrected chi connectivity index (χ1v) is 13.4. The lowest BCUT2D eigenvalue weighted by molar-refractivity contribution is 0.0521. The molecular weight excluding hydrogens is 399 g/mol. The van der Waals surface area contributed by atoms with E-state index in [2.05, 4.69) is 20.8 Å². The number of unbranched alkanes of at least 4 members (excludes halogenated alkanes) is 6. The summed E-state index contributed by atoms with van der Waals surface area (Å²) in [7, 11) is -4.06. The van der Waals surface area contributed by atoms with Gasteiger partial charge in [-0.05, 0) is 70.1 Å². The summed E-state index contributed by atoms with van der Waals surface area (Å²) >= 11 is 0. The number of hydrogen-bond acceptors (Lipinski definition) is 3. The van der Waals surface area contributed by atoms with Crippen molar-refractivity contribution < 1.29 is 23.8 Å². The van der Waals surface area contributed by atoms with Crippen LogP contribution in [0, 0.1) is 20.8 Å². The molecule has 0 radical (unpaired) electrons. The van der Waals surface area contributed by atoms with E-state index in [1.807, 2.05) is 13.8 Å². The van der Waals surface area contributed by atoms with E-state index in [1.165, 1.54) is 50.5 Å². The SMILES string of the molecule is CCCCCCCCCC1(C)CCc2c(C)c(OCCP(=O)(O)O)c(C)c(C)c2O1. The summed E-state index contributed by atoms with van der Waals surface area (Å²) in [4.78, 5) is 18.2. The Hall–Kier alpha value is -1.03. The van der Waals surface area contributed by atoms with Crippen LogP contribution in [0.15, 0.2) is 0 Å². The van der Waals surface area contributed by atoms with Crippen LogP contribution in [0.4, 0.5) is 0 Å². The van der Waals surface area contributed by atoms with Gasteiger partial charge in [0.05, 0.1) is 12.8 Å². The summed E-state index contributed by atoms with van der Waals surface area (Å²) in [5.41, 5.74) is 4.17. The van der Waals surface area contributed by atoms with Gasteiger partial charge in [-0.25, -0.2) is 0 Å². The molecule has 0 aliphatic carbocycles. The molecule has 1 heterocycles. The van der Waals surface area contributed by atoms with Gasteiger partial charge in [-0.1, -0.05) is 45.4 Å². The molecule has 0 fully saturated rings. The van der Waals surface area contributed by atoms with E-state index in [0.29, 0.717) is 0 Å². The zero-order valence-corrected chi connectivity index (χ0v) is 20.4. The molecule has 1 aliphatic rings. The zero-order valence-electron chi connectivity index (χ0n) is 19.6. The Bertz CT molecular complexity index is 755. The Balaban J connectivity index is 2.02. The van der Waals surface area contributed by atoms with Gasteiger partial charge in [-0.2, -0.15) is 0 Å². The molecule has 0 aromatic heterocycles. The monoisotopic (exact) mass is 440 g/mol. The molecule has 2 rings (SSSR count). The highest BCUT2D eigenvalue weighted by molar-refractivity contribution is 7.51. The molecule has 0 saturated heterocycles. The van der Waals surface area contributed by atoms with E-state index in [1.54, 1.807) is 0 Å². The molecule has 0 amide bonds. The molecule has 0 spiro atoms. The maximum Gasteiger partial charge on any atom is 0.328 e. The summed E-state index contributed by atoms with van der Waals surface area (Å²) in [5, 5.41) is 0. The maximum atomic E-state index is 11.1. The van der Waals surface area contributed by atoms with E-state index in [0.717, 1.165) is 47.5 Å². The first-order chi connectivity index (χ1) is 14.1. The van der Waals surface area contributed by atoms with Crippen molar-refractivity contribution in [2.45, 2.75) is 104 Å². The lowest BCUT2D eigenvalue weighted by Gasteiger charge is -2.38. The van der Waals surface area contributed by atoms with Crippen molar-refractivity contribution >= 4 is 7.60 Å². The number of benzene rings is 1. The van der Waals surface area contributed by atoms with Crippen molar-refractivity contribution in [1.82, 2.24) is 0 Å². The van der Waals surface area contributed by atoms with Crippen LogP contribution in [0.1, 0.15) is 93.9 Å². The molecule has 0 bridgehead atoms. The van der Waals surface area contributed by atoms with Gasteiger partial charge in [0.2, 0.25) is 0 Å². The molecule has 2 N–H and O–H groups in total. The van der Waals surface area contributed by atoms with Crippen LogP contribution in [0.25, 0.3) is 0 Å². The van der Waals surface area contributed by atoms with E-state index >= 15 is 0 Å².